The highest BCUT2D eigenvalue weighted by molar-refractivity contribution is 7.80. The molecule has 1 heterocycles. The van der Waals surface area contributed by atoms with Gasteiger partial charge in [0.25, 0.3) is 5.91 Å². The van der Waals surface area contributed by atoms with Crippen molar-refractivity contribution in [3.05, 3.63) is 53.5 Å². The number of benzene rings is 1. The Bertz CT molecular complexity index is 696. The lowest BCUT2D eigenvalue weighted by atomic mass is 9.98. The Morgan fingerprint density at radius 2 is 2.12 bits per heavy atom. The van der Waals surface area contributed by atoms with Crippen molar-refractivity contribution in [3.63, 3.8) is 0 Å². The number of aryl methyl sites for hydroxylation is 1. The second-order valence-corrected chi connectivity index (χ2v) is 6.18. The van der Waals surface area contributed by atoms with Crippen LogP contribution >= 0.6 is 12.2 Å². The zero-order valence-corrected chi connectivity index (χ0v) is 14.9. The molecule has 0 radical (unpaired) electrons. The van der Waals surface area contributed by atoms with E-state index in [0.717, 1.165) is 11.3 Å². The topological polar surface area (TPSA) is 63.5 Å². The van der Waals surface area contributed by atoms with Crippen LogP contribution in [0, 0.1) is 6.92 Å². The lowest BCUT2D eigenvalue weighted by molar-refractivity contribution is -0.121. The summed E-state index contributed by atoms with van der Waals surface area (Å²) in [6, 6.07) is 9.46. The summed E-state index contributed by atoms with van der Waals surface area (Å²) in [5.74, 6) is 1.56. The molecule has 5 nitrogen and oxygen atoms in total. The van der Waals surface area contributed by atoms with Crippen molar-refractivity contribution in [2.45, 2.75) is 33.2 Å². The maximum atomic E-state index is 11.9. The first-order valence-corrected chi connectivity index (χ1v) is 8.20. The molecule has 128 valence electrons. The minimum atomic E-state index is -0.308. The van der Waals surface area contributed by atoms with E-state index < -0.39 is 0 Å². The normalized spacial score (nSPS) is 10.5. The number of amides is 1. The van der Waals surface area contributed by atoms with Gasteiger partial charge in [-0.25, -0.2) is 0 Å². The number of carbonyl (C=O) groups excluding carboxylic acids is 1. The average Bonchev–Trinajstić information content (AvgIpc) is 3.04. The molecule has 2 N–H and O–H groups in total. The molecule has 0 aliphatic carbocycles. The van der Waals surface area contributed by atoms with Crippen LogP contribution in [0.2, 0.25) is 0 Å². The highest BCUT2D eigenvalue weighted by Crippen LogP contribution is 2.23. The monoisotopic (exact) mass is 346 g/mol. The van der Waals surface area contributed by atoms with Gasteiger partial charge in [0.1, 0.15) is 11.5 Å². The number of carbonyl (C=O) groups is 1. The predicted molar refractivity (Wildman–Crippen MR) is 97.1 cm³/mol. The van der Waals surface area contributed by atoms with Gasteiger partial charge in [-0.3, -0.25) is 4.79 Å². The first-order chi connectivity index (χ1) is 11.5. The minimum absolute atomic E-state index is 0.0942. The molecule has 2 rings (SSSR count). The Morgan fingerprint density at radius 1 is 1.33 bits per heavy atom. The van der Waals surface area contributed by atoms with Crippen LogP contribution in [0.5, 0.6) is 5.75 Å². The number of hydrogen-bond acceptors (Lipinski definition) is 4. The SMILES string of the molecule is Cc1cc(OCC(=O)NC(=S)NCc2ccco2)ccc1C(C)C. The molecule has 1 aromatic carbocycles. The van der Waals surface area contributed by atoms with Crippen LogP contribution in [0.15, 0.2) is 41.0 Å². The highest BCUT2D eigenvalue weighted by atomic mass is 32.1. The summed E-state index contributed by atoms with van der Waals surface area (Å²) < 4.78 is 10.7. The second kappa shape index (κ2) is 8.49. The van der Waals surface area contributed by atoms with Crippen molar-refractivity contribution in [1.29, 1.82) is 0 Å². The van der Waals surface area contributed by atoms with Crippen molar-refractivity contribution in [2.75, 3.05) is 6.61 Å². The second-order valence-electron chi connectivity index (χ2n) is 5.77. The van der Waals surface area contributed by atoms with Crippen LogP contribution in [0.1, 0.15) is 36.7 Å². The van der Waals surface area contributed by atoms with Gasteiger partial charge in [-0.2, -0.15) is 0 Å². The quantitative estimate of drug-likeness (QED) is 0.786. The smallest absolute Gasteiger partial charge is 0.264 e. The Kier molecular flexibility index (Phi) is 6.37. The summed E-state index contributed by atoms with van der Waals surface area (Å²) >= 11 is 5.06. The number of nitrogens with one attached hydrogen (secondary N) is 2. The van der Waals surface area contributed by atoms with E-state index in [4.69, 9.17) is 21.4 Å². The molecule has 0 bridgehead atoms. The van der Waals surface area contributed by atoms with E-state index in [-0.39, 0.29) is 17.6 Å². The van der Waals surface area contributed by atoms with E-state index in [9.17, 15) is 4.79 Å². The van der Waals surface area contributed by atoms with Gasteiger partial charge in [-0.1, -0.05) is 19.9 Å². The van der Waals surface area contributed by atoms with E-state index >= 15 is 0 Å². The van der Waals surface area contributed by atoms with Crippen LogP contribution < -0.4 is 15.4 Å². The fourth-order valence-electron chi connectivity index (χ4n) is 2.32. The number of hydrogen-bond donors (Lipinski definition) is 2. The van der Waals surface area contributed by atoms with Gasteiger partial charge in [-0.05, 0) is 60.5 Å². The van der Waals surface area contributed by atoms with E-state index in [0.29, 0.717) is 18.2 Å². The molecular formula is C18H22N2O3S. The number of thiocarbonyl (C=S) groups is 1. The van der Waals surface area contributed by atoms with Gasteiger partial charge >= 0.3 is 0 Å². The third-order valence-electron chi connectivity index (χ3n) is 3.49. The molecule has 0 saturated heterocycles. The summed E-state index contributed by atoms with van der Waals surface area (Å²) in [5, 5.41) is 5.71. The standard InChI is InChI=1S/C18H22N2O3S/c1-12(2)16-7-6-14(9-13(16)3)23-11-17(21)20-18(24)19-10-15-5-4-8-22-15/h4-9,12H,10-11H2,1-3H3,(H2,19,20,21,24). The van der Waals surface area contributed by atoms with Crippen molar-refractivity contribution in [1.82, 2.24) is 10.6 Å². The summed E-state index contributed by atoms with van der Waals surface area (Å²) in [7, 11) is 0. The maximum Gasteiger partial charge on any atom is 0.264 e. The van der Waals surface area contributed by atoms with Gasteiger partial charge in [-0.15, -0.1) is 0 Å². The Hall–Kier alpha value is -2.34. The lowest BCUT2D eigenvalue weighted by Crippen LogP contribution is -2.41. The van der Waals surface area contributed by atoms with E-state index in [1.807, 2.05) is 31.2 Å². The van der Waals surface area contributed by atoms with Gasteiger partial charge < -0.3 is 19.8 Å². The predicted octanol–water partition coefficient (Wildman–Crippen LogP) is 3.28. The molecule has 0 saturated carbocycles. The van der Waals surface area contributed by atoms with E-state index in [1.165, 1.54) is 5.56 Å². The van der Waals surface area contributed by atoms with Crippen molar-refractivity contribution in [2.24, 2.45) is 0 Å². The molecule has 2 aromatic rings. The van der Waals surface area contributed by atoms with E-state index in [1.54, 1.807) is 12.3 Å². The zero-order chi connectivity index (χ0) is 17.5. The fraction of sp³-hybridized carbons (Fsp3) is 0.333. The first-order valence-electron chi connectivity index (χ1n) is 7.79. The molecule has 0 aliphatic rings. The third-order valence-corrected chi connectivity index (χ3v) is 3.74. The molecule has 0 spiro atoms. The highest BCUT2D eigenvalue weighted by Gasteiger charge is 2.08. The van der Waals surface area contributed by atoms with Crippen LogP contribution in [-0.4, -0.2) is 17.6 Å². The van der Waals surface area contributed by atoms with E-state index in [2.05, 4.69) is 24.5 Å². The van der Waals surface area contributed by atoms with Gasteiger partial charge in [0, 0.05) is 0 Å². The van der Waals surface area contributed by atoms with Crippen molar-refractivity contribution < 1.29 is 13.9 Å². The summed E-state index contributed by atoms with van der Waals surface area (Å²) in [6.07, 6.45) is 1.58. The largest absolute Gasteiger partial charge is 0.484 e. The molecule has 0 aliphatic heterocycles. The Labute approximate surface area is 147 Å². The summed E-state index contributed by atoms with van der Waals surface area (Å²) in [5.41, 5.74) is 2.42. The lowest BCUT2D eigenvalue weighted by Gasteiger charge is -2.13. The Balaban J connectivity index is 1.76. The zero-order valence-electron chi connectivity index (χ0n) is 14.1. The first kappa shape index (κ1) is 18.0. The van der Waals surface area contributed by atoms with Crippen LogP contribution in [0.25, 0.3) is 0 Å². The van der Waals surface area contributed by atoms with Gasteiger partial charge in [0.05, 0.1) is 12.8 Å². The average molecular weight is 346 g/mol. The maximum absolute atomic E-state index is 11.9. The van der Waals surface area contributed by atoms with Gasteiger partial charge in [0.2, 0.25) is 0 Å². The third kappa shape index (κ3) is 5.38. The molecular weight excluding hydrogens is 324 g/mol. The minimum Gasteiger partial charge on any atom is -0.484 e. The molecule has 0 fully saturated rings. The molecule has 1 amide bonds. The molecule has 24 heavy (non-hydrogen) atoms. The molecule has 1 aromatic heterocycles. The molecule has 0 atom stereocenters. The number of rotatable bonds is 6. The fourth-order valence-corrected chi connectivity index (χ4v) is 2.51. The van der Waals surface area contributed by atoms with Gasteiger partial charge in [0.15, 0.2) is 11.7 Å². The number of furan rings is 1. The van der Waals surface area contributed by atoms with Crippen LogP contribution in [0.4, 0.5) is 0 Å². The molecule has 0 unspecified atom stereocenters. The number of ether oxygens (including phenoxy) is 1. The Morgan fingerprint density at radius 3 is 2.75 bits per heavy atom. The van der Waals surface area contributed by atoms with Crippen molar-refractivity contribution in [3.8, 4) is 5.75 Å². The van der Waals surface area contributed by atoms with Crippen LogP contribution in [-0.2, 0) is 11.3 Å². The molecule has 6 heteroatoms. The summed E-state index contributed by atoms with van der Waals surface area (Å²) in [4.78, 5) is 11.9. The van der Waals surface area contributed by atoms with Crippen molar-refractivity contribution >= 4 is 23.2 Å². The van der Waals surface area contributed by atoms with Crippen LogP contribution in [0.3, 0.4) is 0 Å². The summed E-state index contributed by atoms with van der Waals surface area (Å²) in [6.45, 7) is 6.65.